The van der Waals surface area contributed by atoms with Crippen LogP contribution in [-0.2, 0) is 0 Å². The summed E-state index contributed by atoms with van der Waals surface area (Å²) in [6.07, 6.45) is 6.18. The number of thioether (sulfide) groups is 1. The van der Waals surface area contributed by atoms with Gasteiger partial charge in [0.25, 0.3) is 5.56 Å². The smallest absolute Gasteiger partial charge is 0.265 e. The van der Waals surface area contributed by atoms with Crippen LogP contribution in [0, 0.1) is 0 Å². The third-order valence-electron chi connectivity index (χ3n) is 2.99. The van der Waals surface area contributed by atoms with E-state index in [-0.39, 0.29) is 11.5 Å². The Morgan fingerprint density at radius 3 is 2.50 bits per heavy atom. The average molecular weight is 266 g/mol. The lowest BCUT2D eigenvalue weighted by Crippen LogP contribution is -2.27. The highest BCUT2D eigenvalue weighted by Crippen LogP contribution is 2.17. The number of hydrogen-bond donors (Lipinski definition) is 0. The lowest BCUT2D eigenvalue weighted by atomic mass is 10.1. The highest BCUT2D eigenvalue weighted by molar-refractivity contribution is 7.98. The molecule has 0 radical (unpaired) electrons. The average Bonchev–Trinajstić information content (AvgIpc) is 2.84. The van der Waals surface area contributed by atoms with E-state index in [1.165, 1.54) is 16.4 Å². The Morgan fingerprint density at radius 2 is 1.94 bits per heavy atom. The van der Waals surface area contributed by atoms with Crippen LogP contribution < -0.4 is 5.56 Å². The van der Waals surface area contributed by atoms with Crippen LogP contribution in [0.3, 0.4) is 0 Å². The molecule has 2 rings (SSSR count). The van der Waals surface area contributed by atoms with Crippen molar-refractivity contribution in [2.75, 3.05) is 6.26 Å². The molecule has 0 saturated heterocycles. The zero-order valence-electron chi connectivity index (χ0n) is 11.0. The van der Waals surface area contributed by atoms with E-state index in [1.54, 1.807) is 0 Å². The number of rotatable bonds is 3. The summed E-state index contributed by atoms with van der Waals surface area (Å²) in [5.74, 6) is 0.0657. The summed E-state index contributed by atoms with van der Waals surface area (Å²) in [6, 6.07) is 0. The van der Waals surface area contributed by atoms with Gasteiger partial charge < -0.3 is 0 Å². The highest BCUT2D eigenvalue weighted by Gasteiger charge is 2.16. The van der Waals surface area contributed by atoms with Gasteiger partial charge >= 0.3 is 0 Å². The molecule has 1 aromatic heterocycles. The largest absolute Gasteiger partial charge is 0.297 e. The van der Waals surface area contributed by atoms with Crippen molar-refractivity contribution in [3.63, 3.8) is 0 Å². The van der Waals surface area contributed by atoms with E-state index in [1.807, 2.05) is 20.1 Å². The maximum atomic E-state index is 12.3. The molecule has 1 aromatic rings. The van der Waals surface area contributed by atoms with E-state index in [4.69, 9.17) is 0 Å². The summed E-state index contributed by atoms with van der Waals surface area (Å²) in [6.45, 7) is 3.88. The molecule has 0 unspecified atom stereocenters. The van der Waals surface area contributed by atoms with Gasteiger partial charge in [-0.25, -0.2) is 0 Å². The van der Waals surface area contributed by atoms with Crippen LogP contribution in [0.2, 0.25) is 0 Å². The van der Waals surface area contributed by atoms with Gasteiger partial charge in [-0.05, 0) is 31.9 Å². The predicted octanol–water partition coefficient (Wildman–Crippen LogP) is 2.26. The Bertz CT molecular complexity index is 513. The minimum absolute atomic E-state index is 0.0657. The molecule has 0 N–H and O–H groups in total. The first-order valence-corrected chi connectivity index (χ1v) is 7.46. The Kier molecular flexibility index (Phi) is 4.16. The normalized spacial score (nSPS) is 15.4. The molecule has 0 amide bonds. The van der Waals surface area contributed by atoms with E-state index in [0.717, 1.165) is 31.4 Å². The molecule has 1 heterocycles. The molecule has 1 aliphatic rings. The quantitative estimate of drug-likeness (QED) is 0.787. The van der Waals surface area contributed by atoms with Crippen LogP contribution in [0.25, 0.3) is 0 Å². The molecule has 1 fully saturated rings. The van der Waals surface area contributed by atoms with Crippen molar-refractivity contribution < 1.29 is 0 Å². The Balaban J connectivity index is 2.52. The third kappa shape index (κ3) is 2.63. The molecule has 6 heteroatoms. The minimum Gasteiger partial charge on any atom is -0.265 e. The molecule has 1 aliphatic carbocycles. The lowest BCUT2D eigenvalue weighted by Gasteiger charge is -2.08. The van der Waals surface area contributed by atoms with Gasteiger partial charge in [0.15, 0.2) is 0 Å². The van der Waals surface area contributed by atoms with Gasteiger partial charge in [0, 0.05) is 11.6 Å². The molecule has 0 atom stereocenters. The maximum absolute atomic E-state index is 12.3. The predicted molar refractivity (Wildman–Crippen MR) is 73.5 cm³/mol. The molecular formula is C12H18N4OS. The maximum Gasteiger partial charge on any atom is 0.297 e. The Hall–Kier alpha value is -1.17. The first-order chi connectivity index (χ1) is 8.63. The van der Waals surface area contributed by atoms with Crippen LogP contribution in [0.4, 0.5) is 0 Å². The first kappa shape index (κ1) is 13.3. The molecule has 18 heavy (non-hydrogen) atoms. The monoisotopic (exact) mass is 266 g/mol. The lowest BCUT2D eigenvalue weighted by molar-refractivity contribution is 0.601. The summed E-state index contributed by atoms with van der Waals surface area (Å²) in [7, 11) is 0. The van der Waals surface area contributed by atoms with Crippen LogP contribution in [-0.4, -0.2) is 26.8 Å². The van der Waals surface area contributed by atoms with Crippen LogP contribution in [0.5, 0.6) is 0 Å². The number of aromatic nitrogens is 3. The fourth-order valence-electron chi connectivity index (χ4n) is 1.98. The molecular weight excluding hydrogens is 248 g/mol. The summed E-state index contributed by atoms with van der Waals surface area (Å²) in [4.78, 5) is 12.3. The van der Waals surface area contributed by atoms with Gasteiger partial charge in [-0.2, -0.15) is 9.78 Å². The van der Waals surface area contributed by atoms with Crippen molar-refractivity contribution in [1.82, 2.24) is 14.9 Å². The van der Waals surface area contributed by atoms with Crippen molar-refractivity contribution in [3.8, 4) is 0 Å². The number of hydrogen-bond acceptors (Lipinski definition) is 5. The summed E-state index contributed by atoms with van der Waals surface area (Å²) < 4.78 is 1.42. The van der Waals surface area contributed by atoms with E-state index in [2.05, 4.69) is 15.3 Å². The van der Waals surface area contributed by atoms with Crippen LogP contribution in [0.1, 0.15) is 51.1 Å². The third-order valence-corrected chi connectivity index (χ3v) is 3.61. The fraction of sp³-hybridized carbons (Fsp3) is 0.667. The van der Waals surface area contributed by atoms with Gasteiger partial charge in [0.05, 0.1) is 0 Å². The summed E-state index contributed by atoms with van der Waals surface area (Å²) in [5, 5.41) is 13.1. The standard InChI is InChI=1S/C12H18N4OS/c1-8(2)10-11(17)16(12(18-3)14-13-10)15-9-6-4-5-7-9/h8H,4-7H2,1-3H3. The van der Waals surface area contributed by atoms with E-state index >= 15 is 0 Å². The second kappa shape index (κ2) is 5.65. The second-order valence-corrected chi connectivity index (χ2v) is 5.49. The van der Waals surface area contributed by atoms with Crippen LogP contribution in [0.15, 0.2) is 15.1 Å². The minimum atomic E-state index is -0.135. The van der Waals surface area contributed by atoms with Crippen molar-refractivity contribution in [1.29, 1.82) is 0 Å². The van der Waals surface area contributed by atoms with E-state index in [0.29, 0.717) is 10.9 Å². The molecule has 0 bridgehead atoms. The zero-order chi connectivity index (χ0) is 13.1. The van der Waals surface area contributed by atoms with E-state index in [9.17, 15) is 4.79 Å². The number of nitrogens with zero attached hydrogens (tertiary/aromatic N) is 4. The van der Waals surface area contributed by atoms with Crippen molar-refractivity contribution >= 4 is 17.5 Å². The summed E-state index contributed by atoms with van der Waals surface area (Å²) >= 11 is 1.40. The second-order valence-electron chi connectivity index (χ2n) is 4.72. The van der Waals surface area contributed by atoms with Gasteiger partial charge in [-0.1, -0.05) is 25.6 Å². The molecule has 1 saturated carbocycles. The summed E-state index contributed by atoms with van der Waals surface area (Å²) in [5.41, 5.74) is 1.44. The molecule has 0 spiro atoms. The molecule has 0 aromatic carbocycles. The van der Waals surface area contributed by atoms with Crippen LogP contribution >= 0.6 is 11.8 Å². The van der Waals surface area contributed by atoms with Gasteiger partial charge in [0.2, 0.25) is 5.16 Å². The SMILES string of the molecule is CSc1nnc(C(C)C)c(=O)n1N=C1CCCC1. The fourth-order valence-corrected chi connectivity index (χ4v) is 2.40. The topological polar surface area (TPSA) is 60.1 Å². The molecule has 0 aliphatic heterocycles. The molecule has 5 nitrogen and oxygen atoms in total. The van der Waals surface area contributed by atoms with Crippen molar-refractivity contribution in [2.45, 2.75) is 50.6 Å². The Labute approximate surface area is 111 Å². The Morgan fingerprint density at radius 1 is 1.28 bits per heavy atom. The van der Waals surface area contributed by atoms with Gasteiger partial charge in [-0.3, -0.25) is 4.79 Å². The first-order valence-electron chi connectivity index (χ1n) is 6.24. The van der Waals surface area contributed by atoms with Gasteiger partial charge in [-0.15, -0.1) is 10.2 Å². The highest BCUT2D eigenvalue weighted by atomic mass is 32.2. The van der Waals surface area contributed by atoms with Crippen molar-refractivity contribution in [3.05, 3.63) is 16.0 Å². The molecule has 98 valence electrons. The van der Waals surface area contributed by atoms with Crippen molar-refractivity contribution in [2.24, 2.45) is 5.10 Å². The van der Waals surface area contributed by atoms with E-state index < -0.39 is 0 Å². The zero-order valence-corrected chi connectivity index (χ0v) is 11.8. The van der Waals surface area contributed by atoms with Gasteiger partial charge in [0.1, 0.15) is 5.69 Å².